The highest BCUT2D eigenvalue weighted by Gasteiger charge is 2.34. The van der Waals surface area contributed by atoms with Crippen molar-refractivity contribution >= 4 is 6.09 Å². The average Bonchev–Trinajstić information content (AvgIpc) is 3.48. The van der Waals surface area contributed by atoms with E-state index in [1.807, 2.05) is 67.6 Å². The van der Waals surface area contributed by atoms with Gasteiger partial charge in [0.05, 0.1) is 12.3 Å². The number of ether oxygens (including phenoxy) is 2. The highest BCUT2D eigenvalue weighted by atomic mass is 16.6. The number of oxazole rings is 1. The first-order chi connectivity index (χ1) is 17.6. The van der Waals surface area contributed by atoms with Gasteiger partial charge in [0.1, 0.15) is 17.3 Å². The smallest absolute Gasteiger partial charge is 0.415 e. The third-order valence-electron chi connectivity index (χ3n) is 6.65. The van der Waals surface area contributed by atoms with E-state index in [-0.39, 0.29) is 12.0 Å². The third-order valence-corrected chi connectivity index (χ3v) is 6.65. The van der Waals surface area contributed by atoms with Crippen molar-refractivity contribution in [2.75, 3.05) is 19.7 Å². The van der Waals surface area contributed by atoms with Gasteiger partial charge in [0.15, 0.2) is 0 Å². The van der Waals surface area contributed by atoms with E-state index in [1.165, 1.54) is 5.56 Å². The molecular weight excluding hydrogens is 452 g/mol. The number of benzene rings is 3. The molecule has 6 nitrogen and oxygen atoms in total. The summed E-state index contributed by atoms with van der Waals surface area (Å²) in [6.45, 7) is 5.94. The van der Waals surface area contributed by atoms with E-state index < -0.39 is 0 Å². The van der Waals surface area contributed by atoms with Gasteiger partial charge in [0.2, 0.25) is 5.89 Å². The molecule has 3 aromatic carbocycles. The molecule has 2 atom stereocenters. The molecule has 5 rings (SSSR count). The van der Waals surface area contributed by atoms with E-state index >= 15 is 0 Å². The maximum atomic E-state index is 12.6. The molecule has 1 fully saturated rings. The topological polar surface area (TPSA) is 64.8 Å². The summed E-state index contributed by atoms with van der Waals surface area (Å²) in [4.78, 5) is 19.0. The van der Waals surface area contributed by atoms with E-state index in [0.717, 1.165) is 22.8 Å². The second-order valence-corrected chi connectivity index (χ2v) is 9.23. The lowest BCUT2D eigenvalue weighted by atomic mass is 9.90. The molecule has 4 aromatic rings. The number of aryl methyl sites for hydroxylation is 1. The normalized spacial score (nSPS) is 17.2. The van der Waals surface area contributed by atoms with Crippen LogP contribution in [0.25, 0.3) is 11.5 Å². The van der Waals surface area contributed by atoms with Gasteiger partial charge in [-0.2, -0.15) is 0 Å². The number of rotatable bonds is 7. The van der Waals surface area contributed by atoms with Gasteiger partial charge in [-0.25, -0.2) is 9.78 Å². The van der Waals surface area contributed by atoms with Gasteiger partial charge >= 0.3 is 6.09 Å². The molecule has 0 N–H and O–H groups in total. The van der Waals surface area contributed by atoms with Crippen LogP contribution in [0.1, 0.15) is 29.9 Å². The SMILES string of the molecule is Cc1oc(-c2ccccc2)nc1CCOc1ccc([C@H]2CN(C(=O)Oc3ccccc3)C[C@H]2C)cc1. The average molecular weight is 483 g/mol. The molecule has 0 unspecified atom stereocenters. The molecule has 1 aromatic heterocycles. The molecule has 0 bridgehead atoms. The van der Waals surface area contributed by atoms with Crippen molar-refractivity contribution in [1.82, 2.24) is 9.88 Å². The van der Waals surface area contributed by atoms with Crippen molar-refractivity contribution in [1.29, 1.82) is 0 Å². The zero-order valence-corrected chi connectivity index (χ0v) is 20.6. The lowest BCUT2D eigenvalue weighted by Gasteiger charge is -2.16. The van der Waals surface area contributed by atoms with Gasteiger partial charge in [-0.1, -0.05) is 55.5 Å². The summed E-state index contributed by atoms with van der Waals surface area (Å²) in [5.41, 5.74) is 3.08. The van der Waals surface area contributed by atoms with E-state index in [4.69, 9.17) is 13.9 Å². The van der Waals surface area contributed by atoms with Crippen LogP contribution in [-0.4, -0.2) is 35.7 Å². The number of amides is 1. The molecule has 0 saturated carbocycles. The monoisotopic (exact) mass is 482 g/mol. The van der Waals surface area contributed by atoms with Crippen LogP contribution in [0.15, 0.2) is 89.3 Å². The quantitative estimate of drug-likeness (QED) is 0.301. The fraction of sp³-hybridized carbons (Fsp3) is 0.267. The molecular formula is C30H30N2O4. The molecule has 1 saturated heterocycles. The summed E-state index contributed by atoms with van der Waals surface area (Å²) in [6.07, 6.45) is 0.372. The molecule has 184 valence electrons. The summed E-state index contributed by atoms with van der Waals surface area (Å²) in [5, 5.41) is 0. The molecule has 6 heteroatoms. The van der Waals surface area contributed by atoms with Crippen LogP contribution in [0, 0.1) is 12.8 Å². The number of carbonyl (C=O) groups is 1. The Morgan fingerprint density at radius 2 is 1.64 bits per heavy atom. The van der Waals surface area contributed by atoms with Crippen LogP contribution in [-0.2, 0) is 6.42 Å². The summed E-state index contributed by atoms with van der Waals surface area (Å²) < 4.78 is 17.3. The van der Waals surface area contributed by atoms with E-state index in [9.17, 15) is 4.79 Å². The molecule has 0 radical (unpaired) electrons. The number of aromatic nitrogens is 1. The Balaban J connectivity index is 1.14. The number of nitrogens with zero attached hydrogens (tertiary/aromatic N) is 2. The first-order valence-electron chi connectivity index (χ1n) is 12.3. The summed E-state index contributed by atoms with van der Waals surface area (Å²) in [7, 11) is 0. The van der Waals surface area contributed by atoms with Crippen molar-refractivity contribution in [2.45, 2.75) is 26.2 Å². The highest BCUT2D eigenvalue weighted by molar-refractivity contribution is 5.71. The maximum absolute atomic E-state index is 12.6. The number of carbonyl (C=O) groups excluding carboxylic acids is 1. The lowest BCUT2D eigenvalue weighted by molar-refractivity contribution is 0.161. The Labute approximate surface area is 211 Å². The Hall–Kier alpha value is -4.06. The minimum absolute atomic E-state index is 0.261. The van der Waals surface area contributed by atoms with Crippen molar-refractivity contribution in [3.63, 3.8) is 0 Å². The van der Waals surface area contributed by atoms with Gasteiger partial charge in [0.25, 0.3) is 0 Å². The van der Waals surface area contributed by atoms with Crippen LogP contribution in [0.5, 0.6) is 11.5 Å². The fourth-order valence-corrected chi connectivity index (χ4v) is 4.64. The fourth-order valence-electron chi connectivity index (χ4n) is 4.64. The third kappa shape index (κ3) is 5.43. The summed E-state index contributed by atoms with van der Waals surface area (Å²) >= 11 is 0. The predicted octanol–water partition coefficient (Wildman–Crippen LogP) is 6.51. The molecule has 1 aliphatic heterocycles. The van der Waals surface area contributed by atoms with Crippen molar-refractivity contribution in [3.8, 4) is 23.0 Å². The second kappa shape index (κ2) is 10.7. The number of likely N-dealkylation sites (tertiary alicyclic amines) is 1. The Morgan fingerprint density at radius 1 is 0.944 bits per heavy atom. The van der Waals surface area contributed by atoms with Crippen LogP contribution < -0.4 is 9.47 Å². The highest BCUT2D eigenvalue weighted by Crippen LogP contribution is 2.33. The molecule has 1 aliphatic rings. The van der Waals surface area contributed by atoms with Gasteiger partial charge in [-0.15, -0.1) is 0 Å². The summed E-state index contributed by atoms with van der Waals surface area (Å²) in [6, 6.07) is 27.3. The molecule has 0 aliphatic carbocycles. The van der Waals surface area contributed by atoms with Crippen LogP contribution >= 0.6 is 0 Å². The maximum Gasteiger partial charge on any atom is 0.415 e. The Kier molecular flexibility index (Phi) is 7.03. The zero-order chi connectivity index (χ0) is 24.9. The van der Waals surface area contributed by atoms with E-state index in [0.29, 0.717) is 43.7 Å². The molecule has 0 spiro atoms. The standard InChI is InChI=1S/C30H30N2O4/c1-21-19-32(30(33)36-26-11-7-4-8-12-26)20-27(21)23-13-15-25(16-14-23)34-18-17-28-22(2)35-29(31-28)24-9-5-3-6-10-24/h3-16,21,27H,17-20H2,1-2H3/t21-,27+/m1/s1. The van der Waals surface area contributed by atoms with Gasteiger partial charge in [0, 0.05) is 31.0 Å². The van der Waals surface area contributed by atoms with E-state index in [1.54, 1.807) is 17.0 Å². The zero-order valence-electron chi connectivity index (χ0n) is 20.6. The largest absolute Gasteiger partial charge is 0.493 e. The minimum atomic E-state index is -0.297. The van der Waals surface area contributed by atoms with Gasteiger partial charge in [-0.05, 0) is 54.8 Å². The van der Waals surface area contributed by atoms with Gasteiger partial charge < -0.3 is 18.8 Å². The van der Waals surface area contributed by atoms with E-state index in [2.05, 4.69) is 24.0 Å². The Morgan fingerprint density at radius 3 is 2.36 bits per heavy atom. The Bertz CT molecular complexity index is 1290. The summed E-state index contributed by atoms with van der Waals surface area (Å²) in [5.74, 6) is 3.44. The van der Waals surface area contributed by atoms with Crippen LogP contribution in [0.4, 0.5) is 4.79 Å². The number of para-hydroxylation sites is 1. The number of hydrogen-bond donors (Lipinski definition) is 0. The van der Waals surface area contributed by atoms with Crippen molar-refractivity contribution in [3.05, 3.63) is 102 Å². The van der Waals surface area contributed by atoms with Crippen molar-refractivity contribution < 1.29 is 18.7 Å². The molecule has 36 heavy (non-hydrogen) atoms. The van der Waals surface area contributed by atoms with Crippen molar-refractivity contribution in [2.24, 2.45) is 5.92 Å². The number of hydrogen-bond acceptors (Lipinski definition) is 5. The van der Waals surface area contributed by atoms with Crippen LogP contribution in [0.3, 0.4) is 0 Å². The predicted molar refractivity (Wildman–Crippen MR) is 138 cm³/mol. The van der Waals surface area contributed by atoms with Gasteiger partial charge in [-0.3, -0.25) is 0 Å². The first-order valence-corrected chi connectivity index (χ1v) is 12.3. The van der Waals surface area contributed by atoms with Crippen LogP contribution in [0.2, 0.25) is 0 Å². The molecule has 1 amide bonds. The second-order valence-electron chi connectivity index (χ2n) is 9.23. The first kappa shape index (κ1) is 23.7. The minimum Gasteiger partial charge on any atom is -0.493 e. The lowest BCUT2D eigenvalue weighted by Crippen LogP contribution is -2.31. The molecule has 2 heterocycles.